The fraction of sp³-hybridized carbons (Fsp3) is 0.455. The molecule has 1 heterocycles. The zero-order valence-corrected chi connectivity index (χ0v) is 9.37. The number of carboxylic acid groups (broad SMARTS) is 1. The van der Waals surface area contributed by atoms with Crippen LogP contribution < -0.4 is 5.32 Å². The lowest BCUT2D eigenvalue weighted by molar-refractivity contribution is -0.136. The predicted octanol–water partition coefficient (Wildman–Crippen LogP) is 1.35. The summed E-state index contributed by atoms with van der Waals surface area (Å²) in [5, 5.41) is 10.9. The van der Waals surface area contributed by atoms with E-state index in [1.165, 1.54) is 0 Å². The van der Waals surface area contributed by atoms with Crippen molar-refractivity contribution < 1.29 is 19.1 Å². The molecule has 0 unspecified atom stereocenters. The molecule has 1 rings (SSSR count). The summed E-state index contributed by atoms with van der Waals surface area (Å²) in [5.74, 6) is -0.294. The van der Waals surface area contributed by atoms with E-state index in [-0.39, 0.29) is 24.6 Å². The molecule has 1 aromatic rings. The van der Waals surface area contributed by atoms with E-state index in [2.05, 4.69) is 5.32 Å². The third kappa shape index (κ3) is 3.12. The van der Waals surface area contributed by atoms with E-state index in [1.54, 1.807) is 6.07 Å². The first-order chi connectivity index (χ1) is 7.54. The smallest absolute Gasteiger partial charge is 0.305 e. The van der Waals surface area contributed by atoms with Gasteiger partial charge in [-0.1, -0.05) is 6.92 Å². The molecule has 0 atom stereocenters. The first-order valence-corrected chi connectivity index (χ1v) is 5.14. The van der Waals surface area contributed by atoms with Crippen molar-refractivity contribution in [3.8, 4) is 0 Å². The molecule has 0 aliphatic rings. The highest BCUT2D eigenvalue weighted by Crippen LogP contribution is 2.14. The highest BCUT2D eigenvalue weighted by atomic mass is 16.4. The molecule has 0 saturated heterocycles. The lowest BCUT2D eigenvalue weighted by Gasteiger charge is -1.99. The lowest BCUT2D eigenvalue weighted by Crippen LogP contribution is -2.25. The zero-order chi connectivity index (χ0) is 12.1. The summed E-state index contributed by atoms with van der Waals surface area (Å²) in [5.41, 5.74) is 0.936. The minimum atomic E-state index is -0.940. The van der Waals surface area contributed by atoms with Gasteiger partial charge in [-0.3, -0.25) is 9.59 Å². The van der Waals surface area contributed by atoms with E-state index < -0.39 is 5.97 Å². The Kier molecular flexibility index (Phi) is 4.10. The number of rotatable bonds is 5. The molecule has 5 nitrogen and oxygen atoms in total. The number of carboxylic acids is 1. The molecule has 88 valence electrons. The second-order valence-electron chi connectivity index (χ2n) is 3.47. The van der Waals surface area contributed by atoms with Crippen LogP contribution in [0.1, 0.15) is 35.2 Å². The van der Waals surface area contributed by atoms with Gasteiger partial charge in [0.15, 0.2) is 5.76 Å². The van der Waals surface area contributed by atoms with Gasteiger partial charge in [-0.15, -0.1) is 0 Å². The lowest BCUT2D eigenvalue weighted by atomic mass is 10.2. The quantitative estimate of drug-likeness (QED) is 0.792. The van der Waals surface area contributed by atoms with E-state index in [0.29, 0.717) is 0 Å². The Morgan fingerprint density at radius 2 is 2.19 bits per heavy atom. The molecule has 0 fully saturated rings. The zero-order valence-electron chi connectivity index (χ0n) is 9.37. The van der Waals surface area contributed by atoms with Crippen molar-refractivity contribution >= 4 is 11.9 Å². The molecule has 1 amide bonds. The molecule has 0 radical (unpaired) electrons. The number of furan rings is 1. The molecular weight excluding hydrogens is 210 g/mol. The highest BCUT2D eigenvalue weighted by Gasteiger charge is 2.13. The van der Waals surface area contributed by atoms with E-state index in [4.69, 9.17) is 9.52 Å². The average molecular weight is 225 g/mol. The van der Waals surface area contributed by atoms with Crippen molar-refractivity contribution in [3.05, 3.63) is 23.2 Å². The second kappa shape index (κ2) is 5.34. The van der Waals surface area contributed by atoms with Crippen LogP contribution >= 0.6 is 0 Å². The van der Waals surface area contributed by atoms with Crippen LogP contribution in [-0.4, -0.2) is 23.5 Å². The fourth-order valence-corrected chi connectivity index (χ4v) is 1.35. The molecule has 0 saturated carbocycles. The number of nitrogens with one attached hydrogen (secondary N) is 1. The molecule has 0 spiro atoms. The summed E-state index contributed by atoms with van der Waals surface area (Å²) in [6, 6.07) is 1.66. The van der Waals surface area contributed by atoms with Crippen molar-refractivity contribution in [2.75, 3.05) is 6.54 Å². The summed E-state index contributed by atoms with van der Waals surface area (Å²) < 4.78 is 5.32. The minimum absolute atomic E-state index is 0.0912. The summed E-state index contributed by atoms with van der Waals surface area (Å²) in [4.78, 5) is 21.8. The summed E-state index contributed by atoms with van der Waals surface area (Å²) in [6.45, 7) is 3.92. The van der Waals surface area contributed by atoms with Crippen molar-refractivity contribution in [1.82, 2.24) is 5.32 Å². The molecular formula is C11H15NO4. The van der Waals surface area contributed by atoms with Gasteiger partial charge in [0, 0.05) is 13.0 Å². The van der Waals surface area contributed by atoms with Gasteiger partial charge in [-0.05, 0) is 18.6 Å². The first-order valence-electron chi connectivity index (χ1n) is 5.14. The number of carbonyl (C=O) groups is 2. The van der Waals surface area contributed by atoms with E-state index in [1.807, 2.05) is 13.8 Å². The van der Waals surface area contributed by atoms with E-state index >= 15 is 0 Å². The summed E-state index contributed by atoms with van der Waals surface area (Å²) in [7, 11) is 0. The summed E-state index contributed by atoms with van der Waals surface area (Å²) >= 11 is 0. The molecule has 1 aromatic heterocycles. The van der Waals surface area contributed by atoms with Crippen molar-refractivity contribution in [1.29, 1.82) is 0 Å². The van der Waals surface area contributed by atoms with Crippen LogP contribution in [0.4, 0.5) is 0 Å². The van der Waals surface area contributed by atoms with Gasteiger partial charge in [-0.25, -0.2) is 0 Å². The van der Waals surface area contributed by atoms with Gasteiger partial charge in [-0.2, -0.15) is 0 Å². The van der Waals surface area contributed by atoms with E-state index in [9.17, 15) is 9.59 Å². The Morgan fingerprint density at radius 1 is 1.50 bits per heavy atom. The SMILES string of the molecule is CCc1oc(C(=O)NCCC(=O)O)cc1C. The Bertz CT molecular complexity index is 395. The van der Waals surface area contributed by atoms with Crippen LogP contribution in [0, 0.1) is 6.92 Å². The highest BCUT2D eigenvalue weighted by molar-refractivity contribution is 5.91. The van der Waals surface area contributed by atoms with Crippen LogP contribution in [0.15, 0.2) is 10.5 Å². The Balaban J connectivity index is 2.56. The number of hydrogen-bond donors (Lipinski definition) is 2. The van der Waals surface area contributed by atoms with Crippen molar-refractivity contribution in [3.63, 3.8) is 0 Å². The monoisotopic (exact) mass is 225 g/mol. The van der Waals surface area contributed by atoms with Crippen LogP contribution in [-0.2, 0) is 11.2 Å². The van der Waals surface area contributed by atoms with Crippen molar-refractivity contribution in [2.45, 2.75) is 26.7 Å². The Hall–Kier alpha value is -1.78. The van der Waals surface area contributed by atoms with Crippen molar-refractivity contribution in [2.24, 2.45) is 0 Å². The number of aliphatic carboxylic acids is 1. The molecule has 0 aromatic carbocycles. The maximum absolute atomic E-state index is 11.5. The van der Waals surface area contributed by atoms with Crippen LogP contribution in [0.5, 0.6) is 0 Å². The third-order valence-corrected chi connectivity index (χ3v) is 2.19. The third-order valence-electron chi connectivity index (χ3n) is 2.19. The van der Waals surface area contributed by atoms with Gasteiger partial charge in [0.2, 0.25) is 0 Å². The van der Waals surface area contributed by atoms with Gasteiger partial charge < -0.3 is 14.8 Å². The van der Waals surface area contributed by atoms with Crippen LogP contribution in [0.3, 0.4) is 0 Å². The number of aryl methyl sites for hydroxylation is 2. The number of carbonyl (C=O) groups excluding carboxylic acids is 1. The van der Waals surface area contributed by atoms with E-state index in [0.717, 1.165) is 17.7 Å². The molecule has 2 N–H and O–H groups in total. The van der Waals surface area contributed by atoms with Gasteiger partial charge in [0.25, 0.3) is 5.91 Å². The maximum Gasteiger partial charge on any atom is 0.305 e. The fourth-order valence-electron chi connectivity index (χ4n) is 1.35. The van der Waals surface area contributed by atoms with Gasteiger partial charge >= 0.3 is 5.97 Å². The molecule has 16 heavy (non-hydrogen) atoms. The number of amides is 1. The number of hydrogen-bond acceptors (Lipinski definition) is 3. The van der Waals surface area contributed by atoms with Crippen LogP contribution in [0.25, 0.3) is 0 Å². The normalized spacial score (nSPS) is 10.1. The second-order valence-corrected chi connectivity index (χ2v) is 3.47. The molecule has 0 bridgehead atoms. The maximum atomic E-state index is 11.5. The standard InChI is InChI=1S/C11H15NO4/c1-3-8-7(2)6-9(16-8)11(15)12-5-4-10(13)14/h6H,3-5H2,1-2H3,(H,12,15)(H,13,14). The molecule has 0 aliphatic heterocycles. The predicted molar refractivity (Wildman–Crippen MR) is 57.4 cm³/mol. The first kappa shape index (κ1) is 12.3. The van der Waals surface area contributed by atoms with Crippen LogP contribution in [0.2, 0.25) is 0 Å². The largest absolute Gasteiger partial charge is 0.481 e. The average Bonchev–Trinajstić information content (AvgIpc) is 2.59. The Labute approximate surface area is 93.4 Å². The van der Waals surface area contributed by atoms with Gasteiger partial charge in [0.1, 0.15) is 5.76 Å². The summed E-state index contributed by atoms with van der Waals surface area (Å²) in [6.07, 6.45) is 0.639. The molecule has 5 heteroatoms. The minimum Gasteiger partial charge on any atom is -0.481 e. The molecule has 0 aliphatic carbocycles. The topological polar surface area (TPSA) is 79.5 Å². The van der Waals surface area contributed by atoms with Gasteiger partial charge in [0.05, 0.1) is 6.42 Å². The Morgan fingerprint density at radius 3 is 2.69 bits per heavy atom.